The molecule has 0 spiro atoms. The number of halogens is 2. The molecule has 0 unspecified atom stereocenters. The van der Waals surface area contributed by atoms with E-state index in [0.717, 1.165) is 100 Å². The molecule has 6 rings (SSSR count). The summed E-state index contributed by atoms with van der Waals surface area (Å²) in [6, 6.07) is 16.4. The number of benzene rings is 2. The van der Waals surface area contributed by atoms with Crippen molar-refractivity contribution in [3.8, 4) is 17.6 Å². The summed E-state index contributed by atoms with van der Waals surface area (Å²) in [7, 11) is 0. The molecule has 0 aliphatic carbocycles. The number of likely N-dealkylation sites (tertiary alicyclic amines) is 2. The number of amides is 1. The van der Waals surface area contributed by atoms with Crippen LogP contribution in [0.4, 0.5) is 10.7 Å². The molecule has 1 amide bonds. The zero-order valence-corrected chi connectivity index (χ0v) is 35.1. The number of hydrogen-bond acceptors (Lipinski definition) is 10. The first kappa shape index (κ1) is 41.8. The molecule has 11 nitrogen and oxygen atoms in total. The molecule has 302 valence electrons. The van der Waals surface area contributed by atoms with Gasteiger partial charge in [0.05, 0.1) is 22.2 Å². The van der Waals surface area contributed by atoms with Gasteiger partial charge in [-0.25, -0.2) is 14.8 Å². The molecule has 4 heterocycles. The fraction of sp³-hybridized carbons (Fsp3) is 0.581. The van der Waals surface area contributed by atoms with Crippen LogP contribution in [0.2, 0.25) is 5.02 Å². The topological polar surface area (TPSA) is 107 Å². The minimum Gasteiger partial charge on any atom is -0.489 e. The number of alkyl halides is 1. The van der Waals surface area contributed by atoms with E-state index >= 15 is 0 Å². The predicted molar refractivity (Wildman–Crippen MR) is 221 cm³/mol. The summed E-state index contributed by atoms with van der Waals surface area (Å²) >= 11 is 12.3. The number of hydrogen-bond donors (Lipinski definition) is 0. The van der Waals surface area contributed by atoms with Crippen LogP contribution < -0.4 is 14.4 Å². The quantitative estimate of drug-likeness (QED) is 0.169. The van der Waals surface area contributed by atoms with Crippen LogP contribution in [0.3, 0.4) is 0 Å². The highest BCUT2D eigenvalue weighted by Crippen LogP contribution is 2.39. The Bertz CT molecular complexity index is 1810. The second-order valence-electron chi connectivity index (χ2n) is 16.7. The summed E-state index contributed by atoms with van der Waals surface area (Å²) in [5.74, 6) is 2.82. The lowest BCUT2D eigenvalue weighted by Crippen LogP contribution is -2.54. The highest BCUT2D eigenvalue weighted by Gasteiger charge is 2.32. The van der Waals surface area contributed by atoms with Crippen molar-refractivity contribution in [1.29, 1.82) is 5.26 Å². The molecule has 56 heavy (non-hydrogen) atoms. The molecule has 1 aromatic heterocycles. The first-order valence-corrected chi connectivity index (χ1v) is 20.9. The summed E-state index contributed by atoms with van der Waals surface area (Å²) in [5, 5.41) is 10.2. The Balaban J connectivity index is 0.934. The van der Waals surface area contributed by atoms with Crippen LogP contribution in [-0.2, 0) is 16.8 Å². The van der Waals surface area contributed by atoms with E-state index < -0.39 is 11.0 Å². The SMILES string of the molecule is CC(C)(C)OC(=O)N1CCC(CN2CCC(N3CCN(c4nccc(COc5ccc(C(C)(C)c6cc(Cl)c(OCCCl)c(C#N)c6)cc5)n4)CC3)CC2)CC1. The molecule has 0 bridgehead atoms. The van der Waals surface area contributed by atoms with Gasteiger partial charge in [0.15, 0.2) is 5.75 Å². The van der Waals surface area contributed by atoms with Crippen LogP contribution in [0.15, 0.2) is 48.7 Å². The third-order valence-corrected chi connectivity index (χ3v) is 11.8. The summed E-state index contributed by atoms with van der Waals surface area (Å²) in [4.78, 5) is 31.4. The Morgan fingerprint density at radius 3 is 2.23 bits per heavy atom. The Morgan fingerprint density at radius 1 is 0.893 bits per heavy atom. The molecule has 0 N–H and O–H groups in total. The van der Waals surface area contributed by atoms with Gasteiger partial charge in [-0.1, -0.05) is 37.6 Å². The minimum atomic E-state index is -0.449. The van der Waals surface area contributed by atoms with Gasteiger partial charge in [0.2, 0.25) is 5.95 Å². The Labute approximate surface area is 342 Å². The number of nitrogens with zero attached hydrogens (tertiary/aromatic N) is 7. The van der Waals surface area contributed by atoms with Crippen molar-refractivity contribution in [2.75, 3.05) is 76.3 Å². The largest absolute Gasteiger partial charge is 0.489 e. The highest BCUT2D eigenvalue weighted by atomic mass is 35.5. The van der Waals surface area contributed by atoms with Crippen LogP contribution in [0.25, 0.3) is 0 Å². The average molecular weight is 807 g/mol. The van der Waals surface area contributed by atoms with E-state index in [1.807, 2.05) is 74.3 Å². The molecule has 2 aromatic carbocycles. The first-order chi connectivity index (χ1) is 26.8. The lowest BCUT2D eigenvalue weighted by Gasteiger charge is -2.43. The number of nitriles is 1. The zero-order valence-electron chi connectivity index (χ0n) is 33.6. The summed E-state index contributed by atoms with van der Waals surface area (Å²) < 4.78 is 17.4. The van der Waals surface area contributed by atoms with Crippen molar-refractivity contribution >= 4 is 35.2 Å². The maximum atomic E-state index is 12.5. The summed E-state index contributed by atoms with van der Waals surface area (Å²) in [6.45, 7) is 19.4. The third-order valence-electron chi connectivity index (χ3n) is 11.3. The fourth-order valence-electron chi connectivity index (χ4n) is 7.98. The van der Waals surface area contributed by atoms with Gasteiger partial charge in [0.1, 0.15) is 30.6 Å². The van der Waals surface area contributed by atoms with Crippen LogP contribution in [0.5, 0.6) is 11.5 Å². The monoisotopic (exact) mass is 805 g/mol. The van der Waals surface area contributed by atoms with Crippen molar-refractivity contribution in [2.24, 2.45) is 5.92 Å². The molecule has 3 aliphatic rings. The molecular weight excluding hydrogens is 749 g/mol. The fourth-order valence-corrected chi connectivity index (χ4v) is 8.33. The van der Waals surface area contributed by atoms with E-state index in [1.165, 1.54) is 12.8 Å². The van der Waals surface area contributed by atoms with Crippen molar-refractivity contribution < 1.29 is 19.0 Å². The molecule has 3 aliphatic heterocycles. The van der Waals surface area contributed by atoms with Crippen LogP contribution in [-0.4, -0.2) is 114 Å². The normalized spacial score (nSPS) is 18.1. The molecule has 3 aromatic rings. The number of piperazine rings is 1. The second kappa shape index (κ2) is 18.6. The van der Waals surface area contributed by atoms with E-state index in [0.29, 0.717) is 40.8 Å². The molecule has 0 saturated carbocycles. The molecular formula is C43H57Cl2N7O4. The van der Waals surface area contributed by atoms with Gasteiger partial charge in [-0.15, -0.1) is 11.6 Å². The zero-order chi connectivity index (χ0) is 39.9. The second-order valence-corrected chi connectivity index (χ2v) is 17.5. The van der Waals surface area contributed by atoms with Gasteiger partial charge < -0.3 is 28.9 Å². The summed E-state index contributed by atoms with van der Waals surface area (Å²) in [5.41, 5.74) is 2.31. The lowest BCUT2D eigenvalue weighted by molar-refractivity contribution is 0.0158. The predicted octanol–water partition coefficient (Wildman–Crippen LogP) is 7.76. The standard InChI is InChI=1S/C43H57Cl2N7O4/c1-42(2,3)56-41(53)52-19-11-31(12-20-52)29-49-17-13-36(14-18-49)50-21-23-51(24-22-50)40-47-16-10-35(48-40)30-55-37-8-6-33(7-9-37)43(4,5)34-26-32(28-46)39(38(45)27-34)54-25-15-44/h6-10,16,26-27,31,36H,11-15,17-25,29-30H2,1-5H3. The van der Waals surface area contributed by atoms with Gasteiger partial charge in [0, 0.05) is 63.5 Å². The van der Waals surface area contributed by atoms with Crippen molar-refractivity contribution in [3.63, 3.8) is 0 Å². The molecule has 3 saturated heterocycles. The number of carbonyl (C=O) groups is 1. The van der Waals surface area contributed by atoms with Gasteiger partial charge >= 0.3 is 6.09 Å². The minimum absolute atomic E-state index is 0.178. The smallest absolute Gasteiger partial charge is 0.410 e. The van der Waals surface area contributed by atoms with Crippen LogP contribution in [0.1, 0.15) is 82.7 Å². The van der Waals surface area contributed by atoms with Gasteiger partial charge in [-0.3, -0.25) is 4.90 Å². The molecule has 3 fully saturated rings. The van der Waals surface area contributed by atoms with E-state index in [1.54, 1.807) is 0 Å². The number of aromatic nitrogens is 2. The molecule has 0 radical (unpaired) electrons. The van der Waals surface area contributed by atoms with Gasteiger partial charge in [-0.2, -0.15) is 5.26 Å². The van der Waals surface area contributed by atoms with Gasteiger partial charge in [0.25, 0.3) is 0 Å². The first-order valence-electron chi connectivity index (χ1n) is 20.0. The number of anilines is 1. The Hall–Kier alpha value is -3.82. The van der Waals surface area contributed by atoms with E-state index in [9.17, 15) is 10.1 Å². The number of ether oxygens (including phenoxy) is 3. The summed E-state index contributed by atoms with van der Waals surface area (Å²) in [6.07, 6.45) is 6.15. The number of piperidine rings is 2. The molecule has 0 atom stereocenters. The average Bonchev–Trinajstić information content (AvgIpc) is 3.19. The lowest BCUT2D eigenvalue weighted by atomic mass is 9.77. The van der Waals surface area contributed by atoms with Gasteiger partial charge in [-0.05, 0) is 107 Å². The van der Waals surface area contributed by atoms with Crippen molar-refractivity contribution in [1.82, 2.24) is 24.7 Å². The van der Waals surface area contributed by atoms with E-state index in [-0.39, 0.29) is 12.7 Å². The van der Waals surface area contributed by atoms with Crippen molar-refractivity contribution in [2.45, 2.75) is 84.0 Å². The van der Waals surface area contributed by atoms with E-state index in [4.69, 9.17) is 42.4 Å². The maximum absolute atomic E-state index is 12.5. The highest BCUT2D eigenvalue weighted by molar-refractivity contribution is 6.32. The van der Waals surface area contributed by atoms with Crippen LogP contribution in [0, 0.1) is 17.2 Å². The number of rotatable bonds is 12. The Morgan fingerprint density at radius 2 is 1.59 bits per heavy atom. The third kappa shape index (κ3) is 10.8. The Kier molecular flexibility index (Phi) is 13.9. The van der Waals surface area contributed by atoms with Crippen molar-refractivity contribution in [3.05, 3.63) is 76.1 Å². The molecule has 13 heteroatoms. The number of carbonyl (C=O) groups excluding carboxylic acids is 1. The maximum Gasteiger partial charge on any atom is 0.410 e. The van der Waals surface area contributed by atoms with Crippen LogP contribution >= 0.6 is 23.2 Å². The van der Waals surface area contributed by atoms with E-state index in [2.05, 4.69) is 39.6 Å².